The van der Waals surface area contributed by atoms with Crippen molar-refractivity contribution in [2.75, 3.05) is 26.1 Å². The molecule has 1 aliphatic heterocycles. The maximum atomic E-state index is 6.40. The Hall–Kier alpha value is -2.37. The topological polar surface area (TPSA) is 48.3 Å². The van der Waals surface area contributed by atoms with Crippen molar-refractivity contribution >= 4 is 29.0 Å². The lowest BCUT2D eigenvalue weighted by molar-refractivity contribution is 0.395. The lowest BCUT2D eigenvalue weighted by Crippen LogP contribution is -2.05. The number of benzene rings is 2. The van der Waals surface area contributed by atoms with Crippen molar-refractivity contribution in [3.8, 4) is 28.4 Å². The monoisotopic (exact) mass is 389 g/mol. The van der Waals surface area contributed by atoms with Gasteiger partial charge in [0.1, 0.15) is 23.0 Å². The summed E-state index contributed by atoms with van der Waals surface area (Å²) in [5, 5.41) is 9.37. The van der Waals surface area contributed by atoms with Gasteiger partial charge in [-0.05, 0) is 36.8 Å². The molecular weight excluding hydrogens is 373 g/mol. The highest BCUT2D eigenvalue weighted by Gasteiger charge is 2.26. The zero-order valence-electron chi connectivity index (χ0n) is 14.3. The van der Waals surface area contributed by atoms with Crippen molar-refractivity contribution in [2.24, 2.45) is 0 Å². The highest BCUT2D eigenvalue weighted by Crippen LogP contribution is 2.40. The molecule has 2 aromatic carbocycles. The summed E-state index contributed by atoms with van der Waals surface area (Å²) in [6.45, 7) is 0.851. The zero-order chi connectivity index (χ0) is 18.3. The Morgan fingerprint density at radius 3 is 2.65 bits per heavy atom. The lowest BCUT2D eigenvalue weighted by atomic mass is 10.1. The average molecular weight is 390 g/mol. The van der Waals surface area contributed by atoms with E-state index in [0.717, 1.165) is 47.0 Å². The molecule has 5 nitrogen and oxygen atoms in total. The third kappa shape index (κ3) is 2.77. The summed E-state index contributed by atoms with van der Waals surface area (Å²) in [6.07, 6.45) is 0.880. The molecule has 1 N–H and O–H groups in total. The van der Waals surface area contributed by atoms with E-state index in [0.29, 0.717) is 15.8 Å². The Balaban J connectivity index is 1.90. The van der Waals surface area contributed by atoms with Crippen LogP contribution in [-0.2, 0) is 6.42 Å². The standard InChI is InChI=1S/C19H17Cl2N3O2/c1-25-12-4-5-13(17(10-12)26-2)18-14-7-8-22-19(14)24(23-18)16-6-3-11(20)9-15(16)21/h3-6,9-10,22H,7-8H2,1-2H3. The second-order valence-electron chi connectivity index (χ2n) is 5.93. The van der Waals surface area contributed by atoms with Crippen LogP contribution >= 0.6 is 23.2 Å². The third-order valence-corrected chi connectivity index (χ3v) is 4.99. The molecule has 0 saturated heterocycles. The first-order valence-corrected chi connectivity index (χ1v) is 8.91. The van der Waals surface area contributed by atoms with Gasteiger partial charge in [-0.2, -0.15) is 5.10 Å². The molecule has 0 atom stereocenters. The Morgan fingerprint density at radius 2 is 1.92 bits per heavy atom. The van der Waals surface area contributed by atoms with Crippen molar-refractivity contribution in [3.05, 3.63) is 52.0 Å². The quantitative estimate of drug-likeness (QED) is 0.693. The molecule has 0 saturated carbocycles. The van der Waals surface area contributed by atoms with Crippen LogP contribution in [0.3, 0.4) is 0 Å². The molecule has 26 heavy (non-hydrogen) atoms. The summed E-state index contributed by atoms with van der Waals surface area (Å²) in [6, 6.07) is 11.1. The number of hydrogen-bond donors (Lipinski definition) is 1. The van der Waals surface area contributed by atoms with Crippen LogP contribution in [0.25, 0.3) is 16.9 Å². The van der Waals surface area contributed by atoms with Crippen LogP contribution in [0.4, 0.5) is 5.82 Å². The summed E-state index contributed by atoms with van der Waals surface area (Å²) >= 11 is 12.4. The fraction of sp³-hybridized carbons (Fsp3) is 0.211. The number of halogens is 2. The first-order chi connectivity index (χ1) is 12.6. The number of nitrogens with zero attached hydrogens (tertiary/aromatic N) is 2. The molecule has 2 heterocycles. The fourth-order valence-electron chi connectivity index (χ4n) is 3.21. The molecule has 7 heteroatoms. The maximum Gasteiger partial charge on any atom is 0.133 e. The van der Waals surface area contributed by atoms with Gasteiger partial charge >= 0.3 is 0 Å². The lowest BCUT2D eigenvalue weighted by Gasteiger charge is -2.10. The number of aromatic nitrogens is 2. The molecule has 0 amide bonds. The molecule has 0 aliphatic carbocycles. The van der Waals surface area contributed by atoms with Gasteiger partial charge in [0.05, 0.1) is 24.9 Å². The second-order valence-corrected chi connectivity index (χ2v) is 6.77. The van der Waals surface area contributed by atoms with E-state index in [-0.39, 0.29) is 0 Å². The number of methoxy groups -OCH3 is 2. The molecule has 3 aromatic rings. The minimum Gasteiger partial charge on any atom is -0.497 e. The summed E-state index contributed by atoms with van der Waals surface area (Å²) in [5.74, 6) is 2.40. The molecule has 1 aromatic heterocycles. The summed E-state index contributed by atoms with van der Waals surface area (Å²) in [7, 11) is 3.27. The van der Waals surface area contributed by atoms with Gasteiger partial charge in [-0.1, -0.05) is 23.2 Å². The maximum absolute atomic E-state index is 6.40. The molecule has 0 spiro atoms. The van der Waals surface area contributed by atoms with Crippen molar-refractivity contribution in [1.29, 1.82) is 0 Å². The van der Waals surface area contributed by atoms with Crippen molar-refractivity contribution in [1.82, 2.24) is 9.78 Å². The molecular formula is C19H17Cl2N3O2. The molecule has 0 unspecified atom stereocenters. The zero-order valence-corrected chi connectivity index (χ0v) is 15.9. The van der Waals surface area contributed by atoms with Gasteiger partial charge in [0.15, 0.2) is 0 Å². The van der Waals surface area contributed by atoms with Crippen molar-refractivity contribution in [2.45, 2.75) is 6.42 Å². The summed E-state index contributed by atoms with van der Waals surface area (Å²) < 4.78 is 12.7. The van der Waals surface area contributed by atoms with E-state index in [2.05, 4.69) is 5.32 Å². The first kappa shape index (κ1) is 17.1. The van der Waals surface area contributed by atoms with E-state index in [1.54, 1.807) is 26.4 Å². The van der Waals surface area contributed by atoms with Gasteiger partial charge in [0.2, 0.25) is 0 Å². The summed E-state index contributed by atoms with van der Waals surface area (Å²) in [5.41, 5.74) is 3.70. The predicted molar refractivity (Wildman–Crippen MR) is 104 cm³/mol. The van der Waals surface area contributed by atoms with Crippen LogP contribution in [0, 0.1) is 0 Å². The van der Waals surface area contributed by atoms with E-state index in [1.807, 2.05) is 28.9 Å². The Morgan fingerprint density at radius 1 is 1.08 bits per heavy atom. The van der Waals surface area contributed by atoms with Crippen LogP contribution in [0.1, 0.15) is 5.56 Å². The predicted octanol–water partition coefficient (Wildman–Crippen LogP) is 4.83. The SMILES string of the molecule is COc1ccc(-c2nn(-c3ccc(Cl)cc3Cl)c3c2CCN3)c(OC)c1. The van der Waals surface area contributed by atoms with Gasteiger partial charge in [-0.25, -0.2) is 4.68 Å². The molecule has 0 radical (unpaired) electrons. The number of hydrogen-bond acceptors (Lipinski definition) is 4. The minimum atomic E-state index is 0.546. The average Bonchev–Trinajstić information content (AvgIpc) is 3.24. The molecule has 134 valence electrons. The van der Waals surface area contributed by atoms with E-state index >= 15 is 0 Å². The van der Waals surface area contributed by atoms with Gasteiger partial charge in [0.25, 0.3) is 0 Å². The fourth-order valence-corrected chi connectivity index (χ4v) is 3.70. The Labute approximate surface area is 161 Å². The van der Waals surface area contributed by atoms with Gasteiger partial charge in [-0.15, -0.1) is 0 Å². The van der Waals surface area contributed by atoms with Crippen LogP contribution in [0.2, 0.25) is 10.0 Å². The highest BCUT2D eigenvalue weighted by molar-refractivity contribution is 6.35. The second kappa shape index (κ2) is 6.74. The van der Waals surface area contributed by atoms with Crippen LogP contribution in [0.5, 0.6) is 11.5 Å². The van der Waals surface area contributed by atoms with E-state index in [1.165, 1.54) is 0 Å². The third-order valence-electron chi connectivity index (χ3n) is 4.45. The van der Waals surface area contributed by atoms with E-state index in [4.69, 9.17) is 37.8 Å². The Kier molecular flexibility index (Phi) is 4.42. The smallest absolute Gasteiger partial charge is 0.133 e. The minimum absolute atomic E-state index is 0.546. The van der Waals surface area contributed by atoms with E-state index < -0.39 is 0 Å². The van der Waals surface area contributed by atoms with Crippen LogP contribution in [0.15, 0.2) is 36.4 Å². The van der Waals surface area contributed by atoms with Crippen LogP contribution in [-0.4, -0.2) is 30.5 Å². The molecule has 4 rings (SSSR count). The highest BCUT2D eigenvalue weighted by atomic mass is 35.5. The largest absolute Gasteiger partial charge is 0.497 e. The first-order valence-electron chi connectivity index (χ1n) is 8.16. The molecule has 1 aliphatic rings. The normalized spacial score (nSPS) is 12.6. The van der Waals surface area contributed by atoms with E-state index in [9.17, 15) is 0 Å². The van der Waals surface area contributed by atoms with Gasteiger partial charge < -0.3 is 14.8 Å². The van der Waals surface area contributed by atoms with Crippen LogP contribution < -0.4 is 14.8 Å². The van der Waals surface area contributed by atoms with Gasteiger partial charge in [-0.3, -0.25) is 0 Å². The number of anilines is 1. The van der Waals surface area contributed by atoms with Crippen molar-refractivity contribution in [3.63, 3.8) is 0 Å². The number of rotatable bonds is 4. The number of ether oxygens (including phenoxy) is 2. The Bertz CT molecular complexity index is 985. The molecule has 0 bridgehead atoms. The molecule has 0 fully saturated rings. The van der Waals surface area contributed by atoms with Gasteiger partial charge in [0, 0.05) is 28.8 Å². The van der Waals surface area contributed by atoms with Crippen molar-refractivity contribution < 1.29 is 9.47 Å². The summed E-state index contributed by atoms with van der Waals surface area (Å²) in [4.78, 5) is 0. The number of fused-ring (bicyclic) bond motifs is 1. The number of nitrogens with one attached hydrogen (secondary N) is 1.